The predicted molar refractivity (Wildman–Crippen MR) is 142 cm³/mol. The molecule has 0 aliphatic carbocycles. The average molecular weight is 544 g/mol. The number of carbonyl (C=O) groups is 1. The molecule has 1 aliphatic rings. The van der Waals surface area contributed by atoms with Crippen LogP contribution in [0.2, 0.25) is 0 Å². The highest BCUT2D eigenvalue weighted by Gasteiger charge is 2.25. The molecule has 0 aromatic heterocycles. The fraction of sp³-hybridized carbons (Fsp3) is 0.269. The molecule has 1 aliphatic heterocycles. The summed E-state index contributed by atoms with van der Waals surface area (Å²) in [5, 5.41) is 0. The largest absolute Gasteiger partial charge is 0.496 e. The van der Waals surface area contributed by atoms with Gasteiger partial charge in [-0.25, -0.2) is 16.8 Å². The van der Waals surface area contributed by atoms with Crippen LogP contribution < -0.4 is 14.2 Å². The van der Waals surface area contributed by atoms with E-state index in [2.05, 4.69) is 9.44 Å². The molecule has 1 heterocycles. The summed E-state index contributed by atoms with van der Waals surface area (Å²) in [4.78, 5) is 14.5. The molecule has 9 nitrogen and oxygen atoms in total. The molecule has 2 N–H and O–H groups in total. The molecule has 4 rings (SSSR count). The van der Waals surface area contributed by atoms with E-state index >= 15 is 0 Å². The molecule has 11 heteroatoms. The molecule has 3 aromatic carbocycles. The number of hydrogen-bond acceptors (Lipinski definition) is 6. The number of sulfonamides is 2. The second-order valence-electron chi connectivity index (χ2n) is 8.86. The molecule has 0 unspecified atom stereocenters. The number of aryl methyl sites for hydroxylation is 2. The lowest BCUT2D eigenvalue weighted by atomic mass is 10.1. The van der Waals surface area contributed by atoms with Crippen molar-refractivity contribution in [1.82, 2.24) is 4.90 Å². The highest BCUT2D eigenvalue weighted by atomic mass is 32.2. The van der Waals surface area contributed by atoms with Crippen LogP contribution in [0.3, 0.4) is 0 Å². The van der Waals surface area contributed by atoms with Crippen LogP contribution in [0, 0.1) is 13.8 Å². The van der Waals surface area contributed by atoms with Crippen molar-refractivity contribution in [3.63, 3.8) is 0 Å². The zero-order chi connectivity index (χ0) is 26.8. The molecule has 1 amide bonds. The second kappa shape index (κ2) is 10.4. The quantitative estimate of drug-likeness (QED) is 0.440. The van der Waals surface area contributed by atoms with E-state index < -0.39 is 20.0 Å². The minimum absolute atomic E-state index is 0.0129. The smallest absolute Gasteiger partial charge is 0.261 e. The zero-order valence-corrected chi connectivity index (χ0v) is 22.4. The Bertz CT molecular complexity index is 1510. The Hall–Kier alpha value is -3.57. The van der Waals surface area contributed by atoms with Crippen molar-refractivity contribution in [3.8, 4) is 5.75 Å². The summed E-state index contributed by atoms with van der Waals surface area (Å²) in [5.41, 5.74) is 2.43. The lowest BCUT2D eigenvalue weighted by molar-refractivity contribution is 0.0789. The maximum absolute atomic E-state index is 13.1. The topological polar surface area (TPSA) is 122 Å². The van der Waals surface area contributed by atoms with E-state index in [1.54, 1.807) is 4.90 Å². The van der Waals surface area contributed by atoms with Gasteiger partial charge in [-0.05, 0) is 80.3 Å². The third-order valence-corrected chi connectivity index (χ3v) is 8.98. The van der Waals surface area contributed by atoms with E-state index in [9.17, 15) is 21.6 Å². The number of ether oxygens (including phenoxy) is 1. The van der Waals surface area contributed by atoms with E-state index in [-0.39, 0.29) is 26.9 Å². The monoisotopic (exact) mass is 543 g/mol. The van der Waals surface area contributed by atoms with Gasteiger partial charge in [-0.15, -0.1) is 0 Å². The fourth-order valence-corrected chi connectivity index (χ4v) is 6.48. The van der Waals surface area contributed by atoms with Gasteiger partial charge >= 0.3 is 0 Å². The van der Waals surface area contributed by atoms with Crippen LogP contribution in [0.1, 0.15) is 34.3 Å². The summed E-state index contributed by atoms with van der Waals surface area (Å²) in [6, 6.07) is 15.0. The first-order valence-electron chi connectivity index (χ1n) is 11.7. The van der Waals surface area contributed by atoms with Crippen LogP contribution in [-0.4, -0.2) is 47.8 Å². The van der Waals surface area contributed by atoms with Gasteiger partial charge in [0.1, 0.15) is 5.75 Å². The van der Waals surface area contributed by atoms with Gasteiger partial charge in [-0.3, -0.25) is 14.2 Å². The van der Waals surface area contributed by atoms with Gasteiger partial charge in [-0.1, -0.05) is 18.2 Å². The van der Waals surface area contributed by atoms with Gasteiger partial charge < -0.3 is 9.64 Å². The van der Waals surface area contributed by atoms with Crippen molar-refractivity contribution in [2.45, 2.75) is 36.5 Å². The first kappa shape index (κ1) is 26.5. The van der Waals surface area contributed by atoms with Crippen LogP contribution >= 0.6 is 0 Å². The number of hydrogen-bond donors (Lipinski definition) is 2. The molecule has 1 fully saturated rings. The zero-order valence-electron chi connectivity index (χ0n) is 20.8. The van der Waals surface area contributed by atoms with Crippen molar-refractivity contribution < 1.29 is 26.4 Å². The molecule has 1 saturated heterocycles. The normalized spacial score (nSPS) is 13.9. The minimum atomic E-state index is -4.07. The van der Waals surface area contributed by atoms with Crippen LogP contribution in [0.25, 0.3) is 0 Å². The summed E-state index contributed by atoms with van der Waals surface area (Å²) in [6.45, 7) is 4.85. The number of amides is 1. The predicted octanol–water partition coefficient (Wildman–Crippen LogP) is 4.15. The SMILES string of the molecule is COc1ccc(S(=O)(=O)Nc2ccc(S(=O)(=O)Nc3c(C)cccc3C)cc2)cc1C(=O)N1CCCC1. The first-order chi connectivity index (χ1) is 17.5. The van der Waals surface area contributed by atoms with E-state index in [0.717, 1.165) is 24.0 Å². The highest BCUT2D eigenvalue weighted by Crippen LogP contribution is 2.28. The van der Waals surface area contributed by atoms with Gasteiger partial charge in [0, 0.05) is 18.8 Å². The molecular formula is C26H29N3O6S2. The van der Waals surface area contributed by atoms with Crippen molar-refractivity contribution in [2.24, 2.45) is 0 Å². The van der Waals surface area contributed by atoms with Gasteiger partial charge in [0.05, 0.1) is 28.2 Å². The van der Waals surface area contributed by atoms with Gasteiger partial charge in [0.25, 0.3) is 26.0 Å². The Labute approximate surface area is 217 Å². The highest BCUT2D eigenvalue weighted by molar-refractivity contribution is 7.93. The Morgan fingerprint density at radius 3 is 1.97 bits per heavy atom. The van der Waals surface area contributed by atoms with E-state index in [1.807, 2.05) is 32.0 Å². The van der Waals surface area contributed by atoms with Crippen molar-refractivity contribution in [3.05, 3.63) is 77.4 Å². The van der Waals surface area contributed by atoms with Crippen molar-refractivity contribution in [2.75, 3.05) is 29.6 Å². The Balaban J connectivity index is 1.55. The van der Waals surface area contributed by atoms with Crippen molar-refractivity contribution >= 4 is 37.3 Å². The van der Waals surface area contributed by atoms with Crippen LogP contribution in [-0.2, 0) is 20.0 Å². The van der Waals surface area contributed by atoms with Gasteiger partial charge in [0.2, 0.25) is 0 Å². The number of methoxy groups -OCH3 is 1. The maximum Gasteiger partial charge on any atom is 0.261 e. The summed E-state index contributed by atoms with van der Waals surface area (Å²) in [6.07, 6.45) is 1.80. The summed E-state index contributed by atoms with van der Waals surface area (Å²) < 4.78 is 62.3. The second-order valence-corrected chi connectivity index (χ2v) is 12.2. The molecule has 0 radical (unpaired) electrons. The molecule has 3 aromatic rings. The first-order valence-corrected chi connectivity index (χ1v) is 14.7. The van der Waals surface area contributed by atoms with E-state index in [4.69, 9.17) is 4.74 Å². The standard InChI is InChI=1S/C26H29N3O6S2/c1-18-7-6-8-19(2)25(18)28-36(31,32)21-11-9-20(10-12-21)27-37(33,34)22-13-14-24(35-3)23(17-22)26(30)29-15-4-5-16-29/h6-14,17,27-28H,4-5,15-16H2,1-3H3. The Kier molecular flexibility index (Phi) is 7.47. The number of nitrogens with zero attached hydrogens (tertiary/aromatic N) is 1. The number of carbonyl (C=O) groups excluding carboxylic acids is 1. The van der Waals surface area contributed by atoms with Gasteiger partial charge in [0.15, 0.2) is 0 Å². The summed E-state index contributed by atoms with van der Waals surface area (Å²) in [7, 11) is -6.53. The molecule has 37 heavy (non-hydrogen) atoms. The third-order valence-electron chi connectivity index (χ3n) is 6.24. The Morgan fingerprint density at radius 1 is 0.811 bits per heavy atom. The number of likely N-dealkylation sites (tertiary alicyclic amines) is 1. The number of benzene rings is 3. The molecule has 0 saturated carbocycles. The summed E-state index contributed by atoms with van der Waals surface area (Å²) in [5.74, 6) is 0.0131. The molecule has 196 valence electrons. The van der Waals surface area contributed by atoms with E-state index in [0.29, 0.717) is 24.5 Å². The number of anilines is 2. The maximum atomic E-state index is 13.1. The molecule has 0 atom stereocenters. The molecule has 0 spiro atoms. The molecular weight excluding hydrogens is 514 g/mol. The number of para-hydroxylation sites is 1. The third kappa shape index (κ3) is 5.72. The summed E-state index contributed by atoms with van der Waals surface area (Å²) >= 11 is 0. The van der Waals surface area contributed by atoms with Gasteiger partial charge in [-0.2, -0.15) is 0 Å². The van der Waals surface area contributed by atoms with Crippen LogP contribution in [0.15, 0.2) is 70.5 Å². The van der Waals surface area contributed by atoms with Crippen LogP contribution in [0.5, 0.6) is 5.75 Å². The average Bonchev–Trinajstić information content (AvgIpc) is 3.41. The fourth-order valence-electron chi connectivity index (χ4n) is 4.20. The van der Waals surface area contributed by atoms with Crippen LogP contribution in [0.4, 0.5) is 11.4 Å². The minimum Gasteiger partial charge on any atom is -0.496 e. The number of rotatable bonds is 8. The Morgan fingerprint density at radius 2 is 1.38 bits per heavy atom. The number of nitrogens with one attached hydrogen (secondary N) is 2. The molecule has 0 bridgehead atoms. The lowest BCUT2D eigenvalue weighted by Gasteiger charge is -2.18. The van der Waals surface area contributed by atoms with Crippen molar-refractivity contribution in [1.29, 1.82) is 0 Å². The lowest BCUT2D eigenvalue weighted by Crippen LogP contribution is -2.28. The van der Waals surface area contributed by atoms with E-state index in [1.165, 1.54) is 49.6 Å².